The minimum absolute atomic E-state index is 0.130. The van der Waals surface area contributed by atoms with Crippen LogP contribution in [0.1, 0.15) is 25.1 Å². The first kappa shape index (κ1) is 16.3. The standard InChI is InChI=1S/C18H20N2OS2/c1-12-10-22-17(19-12)23-11-13(21)9-16-18(2,3)14-7-5-6-8-15(14)20(16)4/h5-10H,11H2,1-4H3/b16-9-. The van der Waals surface area contributed by atoms with E-state index >= 15 is 0 Å². The van der Waals surface area contributed by atoms with E-state index in [0.29, 0.717) is 5.75 Å². The summed E-state index contributed by atoms with van der Waals surface area (Å²) in [7, 11) is 2.03. The summed E-state index contributed by atoms with van der Waals surface area (Å²) in [5, 5.41) is 2.01. The third-order valence-electron chi connectivity index (χ3n) is 4.17. The van der Waals surface area contributed by atoms with Crippen molar-refractivity contribution in [2.75, 3.05) is 17.7 Å². The number of carbonyl (C=O) groups excluding carboxylic acids is 1. The molecule has 0 aliphatic carbocycles. The van der Waals surface area contributed by atoms with Crippen LogP contribution >= 0.6 is 23.1 Å². The van der Waals surface area contributed by atoms with E-state index in [1.165, 1.54) is 23.0 Å². The Labute approximate surface area is 145 Å². The molecule has 1 aromatic heterocycles. The lowest BCUT2D eigenvalue weighted by Gasteiger charge is -2.23. The number of aryl methyl sites for hydroxylation is 1. The van der Waals surface area contributed by atoms with Crippen LogP contribution in [0.4, 0.5) is 5.69 Å². The first-order valence-electron chi connectivity index (χ1n) is 7.53. The normalized spacial score (nSPS) is 17.6. The zero-order chi connectivity index (χ0) is 16.6. The van der Waals surface area contributed by atoms with Crippen LogP contribution in [0.2, 0.25) is 0 Å². The summed E-state index contributed by atoms with van der Waals surface area (Å²) in [6.07, 6.45) is 1.80. The Balaban J connectivity index is 1.78. The maximum absolute atomic E-state index is 12.4. The summed E-state index contributed by atoms with van der Waals surface area (Å²) < 4.78 is 0.955. The van der Waals surface area contributed by atoms with Crippen LogP contribution in [0.15, 0.2) is 45.8 Å². The number of fused-ring (bicyclic) bond motifs is 1. The molecule has 23 heavy (non-hydrogen) atoms. The van der Waals surface area contributed by atoms with E-state index in [2.05, 4.69) is 41.9 Å². The number of ketones is 1. The lowest BCUT2D eigenvalue weighted by molar-refractivity contribution is -0.112. The molecule has 0 saturated heterocycles. The fraction of sp³-hybridized carbons (Fsp3) is 0.333. The van der Waals surface area contributed by atoms with Gasteiger partial charge in [-0.2, -0.15) is 0 Å². The average molecular weight is 345 g/mol. The van der Waals surface area contributed by atoms with Gasteiger partial charge >= 0.3 is 0 Å². The van der Waals surface area contributed by atoms with Gasteiger partial charge in [-0.25, -0.2) is 4.98 Å². The van der Waals surface area contributed by atoms with Crippen LogP contribution in [0, 0.1) is 6.92 Å². The van der Waals surface area contributed by atoms with E-state index in [4.69, 9.17) is 0 Å². The second kappa shape index (κ2) is 6.13. The number of hydrogen-bond donors (Lipinski definition) is 0. The summed E-state index contributed by atoms with van der Waals surface area (Å²) in [6, 6.07) is 8.34. The Bertz CT molecular complexity index is 777. The van der Waals surface area contributed by atoms with E-state index in [1.54, 1.807) is 17.4 Å². The summed E-state index contributed by atoms with van der Waals surface area (Å²) >= 11 is 3.11. The molecular formula is C18H20N2OS2. The minimum Gasteiger partial charge on any atom is -0.347 e. The molecule has 0 spiro atoms. The van der Waals surface area contributed by atoms with Gasteiger partial charge in [-0.15, -0.1) is 11.3 Å². The molecule has 1 aromatic carbocycles. The SMILES string of the molecule is Cc1csc(SCC(=O)/C=C2\N(C)c3ccccc3C2(C)C)n1. The fourth-order valence-corrected chi connectivity index (χ4v) is 4.66. The highest BCUT2D eigenvalue weighted by Gasteiger charge is 2.38. The first-order chi connectivity index (χ1) is 10.9. The van der Waals surface area contributed by atoms with Gasteiger partial charge in [0.1, 0.15) is 0 Å². The molecule has 5 heteroatoms. The summed E-state index contributed by atoms with van der Waals surface area (Å²) in [6.45, 7) is 6.31. The van der Waals surface area contributed by atoms with Gasteiger partial charge < -0.3 is 4.90 Å². The molecule has 2 heterocycles. The molecule has 0 unspecified atom stereocenters. The number of nitrogens with zero attached hydrogens (tertiary/aromatic N) is 2. The molecule has 0 fully saturated rings. The first-order valence-corrected chi connectivity index (χ1v) is 9.39. The highest BCUT2D eigenvalue weighted by Crippen LogP contribution is 2.46. The number of anilines is 1. The number of para-hydroxylation sites is 1. The number of rotatable bonds is 4. The predicted molar refractivity (Wildman–Crippen MR) is 98.5 cm³/mol. The second-order valence-corrected chi connectivity index (χ2v) is 8.32. The number of thiazole rings is 1. The molecule has 0 saturated carbocycles. The third-order valence-corrected chi connectivity index (χ3v) is 6.34. The van der Waals surface area contributed by atoms with Gasteiger partial charge in [-0.05, 0) is 18.6 Å². The molecule has 0 amide bonds. The minimum atomic E-state index is -0.149. The third kappa shape index (κ3) is 3.08. The van der Waals surface area contributed by atoms with E-state index in [1.807, 2.05) is 25.4 Å². The lowest BCUT2D eigenvalue weighted by atomic mass is 9.83. The summed E-state index contributed by atoms with van der Waals surface area (Å²) in [4.78, 5) is 18.9. The number of carbonyl (C=O) groups is 1. The highest BCUT2D eigenvalue weighted by atomic mass is 32.2. The van der Waals surface area contributed by atoms with Gasteiger partial charge in [0.05, 0.1) is 5.75 Å². The van der Waals surface area contributed by atoms with Crippen molar-refractivity contribution in [3.05, 3.63) is 52.7 Å². The Hall–Kier alpha value is -1.59. The molecule has 0 radical (unpaired) electrons. The fourth-order valence-electron chi connectivity index (χ4n) is 2.98. The van der Waals surface area contributed by atoms with Crippen LogP contribution in [0.25, 0.3) is 0 Å². The predicted octanol–water partition coefficient (Wildman–Crippen LogP) is 4.42. The largest absolute Gasteiger partial charge is 0.347 e. The number of likely N-dealkylation sites (N-methyl/N-ethyl adjacent to an activating group) is 1. The molecule has 0 N–H and O–H groups in total. The van der Waals surface area contributed by atoms with Crippen molar-refractivity contribution >= 4 is 34.6 Å². The van der Waals surface area contributed by atoms with Crippen LogP contribution in [0.3, 0.4) is 0 Å². The highest BCUT2D eigenvalue weighted by molar-refractivity contribution is 8.01. The maximum atomic E-state index is 12.4. The summed E-state index contributed by atoms with van der Waals surface area (Å²) in [5.41, 5.74) is 4.36. The summed E-state index contributed by atoms with van der Waals surface area (Å²) in [5.74, 6) is 0.557. The Morgan fingerprint density at radius 2 is 2.13 bits per heavy atom. The van der Waals surface area contributed by atoms with E-state index < -0.39 is 0 Å². The van der Waals surface area contributed by atoms with Crippen molar-refractivity contribution in [2.45, 2.75) is 30.5 Å². The van der Waals surface area contributed by atoms with Gasteiger partial charge in [0.25, 0.3) is 0 Å². The van der Waals surface area contributed by atoms with Crippen molar-refractivity contribution in [3.63, 3.8) is 0 Å². The zero-order valence-electron chi connectivity index (χ0n) is 13.8. The van der Waals surface area contributed by atoms with Crippen molar-refractivity contribution in [2.24, 2.45) is 0 Å². The maximum Gasteiger partial charge on any atom is 0.167 e. The molecule has 1 aliphatic heterocycles. The molecule has 3 rings (SSSR count). The topological polar surface area (TPSA) is 33.2 Å². The molecule has 120 valence electrons. The molecule has 3 nitrogen and oxygen atoms in total. The van der Waals surface area contributed by atoms with E-state index in [0.717, 1.165) is 15.7 Å². The van der Waals surface area contributed by atoms with Crippen LogP contribution in [-0.2, 0) is 10.2 Å². The van der Waals surface area contributed by atoms with Gasteiger partial charge in [-0.1, -0.05) is 43.8 Å². The number of thioether (sulfide) groups is 1. The monoisotopic (exact) mass is 344 g/mol. The zero-order valence-corrected chi connectivity index (χ0v) is 15.4. The van der Waals surface area contributed by atoms with Gasteiger partial charge in [0.2, 0.25) is 0 Å². The average Bonchev–Trinajstić information content (AvgIpc) is 3.02. The molecule has 2 aromatic rings. The van der Waals surface area contributed by atoms with Crippen molar-refractivity contribution in [1.29, 1.82) is 0 Å². The molecule has 1 aliphatic rings. The number of aromatic nitrogens is 1. The van der Waals surface area contributed by atoms with E-state index in [-0.39, 0.29) is 11.2 Å². The smallest absolute Gasteiger partial charge is 0.167 e. The Morgan fingerprint density at radius 1 is 1.39 bits per heavy atom. The molecule has 0 bridgehead atoms. The Morgan fingerprint density at radius 3 is 2.78 bits per heavy atom. The van der Waals surface area contributed by atoms with Gasteiger partial charge in [-0.3, -0.25) is 4.79 Å². The van der Waals surface area contributed by atoms with Crippen molar-refractivity contribution < 1.29 is 4.79 Å². The number of hydrogen-bond acceptors (Lipinski definition) is 5. The lowest BCUT2D eigenvalue weighted by Crippen LogP contribution is -2.24. The van der Waals surface area contributed by atoms with Crippen molar-refractivity contribution in [3.8, 4) is 0 Å². The van der Waals surface area contributed by atoms with Gasteiger partial charge in [0.15, 0.2) is 10.1 Å². The van der Waals surface area contributed by atoms with Gasteiger partial charge in [0, 0.05) is 41.0 Å². The Kier molecular flexibility index (Phi) is 4.34. The number of benzene rings is 1. The van der Waals surface area contributed by atoms with E-state index in [9.17, 15) is 4.79 Å². The van der Waals surface area contributed by atoms with Crippen LogP contribution < -0.4 is 4.90 Å². The molecule has 0 atom stereocenters. The quantitative estimate of drug-likeness (QED) is 0.607. The second-order valence-electron chi connectivity index (χ2n) is 6.24. The molecular weight excluding hydrogens is 324 g/mol. The van der Waals surface area contributed by atoms with Crippen molar-refractivity contribution in [1.82, 2.24) is 4.98 Å². The van der Waals surface area contributed by atoms with Crippen LogP contribution in [0.5, 0.6) is 0 Å². The van der Waals surface area contributed by atoms with Crippen LogP contribution in [-0.4, -0.2) is 23.6 Å². The number of allylic oxidation sites excluding steroid dienone is 2.